The molecule has 1 aromatic heterocycles. The lowest BCUT2D eigenvalue weighted by atomic mass is 10.1. The van der Waals surface area contributed by atoms with Gasteiger partial charge in [0.15, 0.2) is 5.13 Å². The van der Waals surface area contributed by atoms with Gasteiger partial charge in [-0.15, -0.1) is 11.3 Å². The topological polar surface area (TPSA) is 45.2 Å². The number of hydrogen-bond donors (Lipinski definition) is 1. The van der Waals surface area contributed by atoms with Gasteiger partial charge in [-0.1, -0.05) is 25.5 Å². The van der Waals surface area contributed by atoms with Crippen LogP contribution in [0.2, 0.25) is 0 Å². The first-order valence-electron chi connectivity index (χ1n) is 7.88. The average molecular weight is 315 g/mol. The summed E-state index contributed by atoms with van der Waals surface area (Å²) in [5.41, 5.74) is 3.02. The number of hydrogen-bond acceptors (Lipinski definition) is 4. The van der Waals surface area contributed by atoms with Crippen LogP contribution in [0.3, 0.4) is 0 Å². The lowest BCUT2D eigenvalue weighted by molar-refractivity contribution is -0.117. The number of rotatable bonds is 6. The molecule has 0 bridgehead atoms. The molecule has 3 rings (SSSR count). The lowest BCUT2D eigenvalue weighted by Crippen LogP contribution is -2.23. The van der Waals surface area contributed by atoms with Gasteiger partial charge in [0.25, 0.3) is 0 Å². The minimum Gasteiger partial charge on any atom is -0.362 e. The van der Waals surface area contributed by atoms with Crippen molar-refractivity contribution in [3.8, 4) is 11.3 Å². The molecular formula is C17H21N3OS. The van der Waals surface area contributed by atoms with E-state index in [1.165, 1.54) is 6.42 Å². The quantitative estimate of drug-likeness (QED) is 0.815. The fourth-order valence-electron chi connectivity index (χ4n) is 2.61. The Morgan fingerprint density at radius 1 is 1.41 bits per heavy atom. The maximum absolute atomic E-state index is 11.9. The number of nitrogens with zero attached hydrogens (tertiary/aromatic N) is 2. The molecule has 5 heteroatoms. The number of unbranched alkanes of at least 4 members (excludes halogenated alkanes) is 1. The monoisotopic (exact) mass is 315 g/mol. The zero-order chi connectivity index (χ0) is 15.4. The summed E-state index contributed by atoms with van der Waals surface area (Å²) in [6.07, 6.45) is 3.94. The van der Waals surface area contributed by atoms with Crippen LogP contribution >= 0.6 is 11.3 Å². The highest BCUT2D eigenvalue weighted by Gasteiger charge is 2.21. The molecule has 0 unspecified atom stereocenters. The molecule has 1 aromatic carbocycles. The van der Waals surface area contributed by atoms with E-state index in [4.69, 9.17) is 0 Å². The molecule has 1 N–H and O–H groups in total. The maximum Gasteiger partial charge on any atom is 0.227 e. The third-order valence-corrected chi connectivity index (χ3v) is 4.64. The highest BCUT2D eigenvalue weighted by molar-refractivity contribution is 7.14. The molecule has 4 nitrogen and oxygen atoms in total. The summed E-state index contributed by atoms with van der Waals surface area (Å²) in [5.74, 6) is 0.220. The van der Waals surface area contributed by atoms with E-state index in [9.17, 15) is 4.79 Å². The molecule has 116 valence electrons. The molecule has 1 aliphatic heterocycles. The number of carbonyl (C=O) groups is 1. The molecule has 1 aliphatic rings. The van der Waals surface area contributed by atoms with Gasteiger partial charge >= 0.3 is 0 Å². The van der Waals surface area contributed by atoms with Gasteiger partial charge in [-0.25, -0.2) is 4.98 Å². The van der Waals surface area contributed by atoms with Crippen molar-refractivity contribution >= 4 is 28.1 Å². The molecule has 0 spiro atoms. The van der Waals surface area contributed by atoms with Crippen LogP contribution < -0.4 is 10.2 Å². The SMILES string of the molecule is CCCCNc1nc(-c2cccc(N3CCCC3=O)c2)cs1. The summed E-state index contributed by atoms with van der Waals surface area (Å²) in [5, 5.41) is 6.39. The fourth-order valence-corrected chi connectivity index (χ4v) is 3.36. The minimum absolute atomic E-state index is 0.220. The number of benzene rings is 1. The summed E-state index contributed by atoms with van der Waals surface area (Å²) < 4.78 is 0. The Morgan fingerprint density at radius 2 is 2.32 bits per heavy atom. The van der Waals surface area contributed by atoms with Crippen LogP contribution in [-0.4, -0.2) is 24.0 Å². The summed E-state index contributed by atoms with van der Waals surface area (Å²) in [6, 6.07) is 8.11. The predicted octanol–water partition coefficient (Wildman–Crippen LogP) is 4.15. The number of anilines is 2. The van der Waals surface area contributed by atoms with Gasteiger partial charge in [0.1, 0.15) is 0 Å². The molecular weight excluding hydrogens is 294 g/mol. The average Bonchev–Trinajstić information content (AvgIpc) is 3.17. The van der Waals surface area contributed by atoms with Crippen molar-refractivity contribution in [2.24, 2.45) is 0 Å². The van der Waals surface area contributed by atoms with E-state index in [0.717, 1.165) is 48.0 Å². The Hall–Kier alpha value is -1.88. The number of amides is 1. The Kier molecular flexibility index (Phi) is 4.73. The van der Waals surface area contributed by atoms with Crippen LogP contribution in [0.5, 0.6) is 0 Å². The molecule has 0 atom stereocenters. The van der Waals surface area contributed by atoms with Gasteiger partial charge in [-0.3, -0.25) is 4.79 Å². The van der Waals surface area contributed by atoms with E-state index in [-0.39, 0.29) is 5.91 Å². The van der Waals surface area contributed by atoms with E-state index in [2.05, 4.69) is 34.7 Å². The van der Waals surface area contributed by atoms with Crippen molar-refractivity contribution in [2.75, 3.05) is 23.3 Å². The Labute approximate surface area is 135 Å². The summed E-state index contributed by atoms with van der Waals surface area (Å²) in [7, 11) is 0. The number of aromatic nitrogens is 1. The molecule has 1 saturated heterocycles. The first kappa shape index (κ1) is 15.0. The third kappa shape index (κ3) is 3.30. The van der Waals surface area contributed by atoms with Gasteiger partial charge in [-0.05, 0) is 25.0 Å². The largest absolute Gasteiger partial charge is 0.362 e. The highest BCUT2D eigenvalue weighted by atomic mass is 32.1. The van der Waals surface area contributed by atoms with Gasteiger partial charge in [0.05, 0.1) is 5.69 Å². The van der Waals surface area contributed by atoms with Crippen molar-refractivity contribution in [3.63, 3.8) is 0 Å². The summed E-state index contributed by atoms with van der Waals surface area (Å²) in [4.78, 5) is 18.4. The number of thiazole rings is 1. The van der Waals surface area contributed by atoms with Crippen molar-refractivity contribution in [1.82, 2.24) is 4.98 Å². The lowest BCUT2D eigenvalue weighted by Gasteiger charge is -2.16. The van der Waals surface area contributed by atoms with E-state index < -0.39 is 0 Å². The summed E-state index contributed by atoms with van der Waals surface area (Å²) >= 11 is 1.63. The van der Waals surface area contributed by atoms with Crippen LogP contribution in [0.25, 0.3) is 11.3 Å². The molecule has 0 radical (unpaired) electrons. The Balaban J connectivity index is 1.76. The van der Waals surface area contributed by atoms with Gasteiger partial charge in [0.2, 0.25) is 5.91 Å². The second-order valence-electron chi connectivity index (χ2n) is 5.52. The molecule has 2 heterocycles. The highest BCUT2D eigenvalue weighted by Crippen LogP contribution is 2.29. The van der Waals surface area contributed by atoms with Crippen molar-refractivity contribution < 1.29 is 4.79 Å². The molecule has 0 saturated carbocycles. The second-order valence-corrected chi connectivity index (χ2v) is 6.38. The van der Waals surface area contributed by atoms with Crippen LogP contribution in [0.1, 0.15) is 32.6 Å². The van der Waals surface area contributed by atoms with Crippen molar-refractivity contribution in [1.29, 1.82) is 0 Å². The van der Waals surface area contributed by atoms with Crippen molar-refractivity contribution in [2.45, 2.75) is 32.6 Å². The smallest absolute Gasteiger partial charge is 0.227 e. The van der Waals surface area contributed by atoms with Crippen LogP contribution in [0.15, 0.2) is 29.6 Å². The van der Waals surface area contributed by atoms with E-state index >= 15 is 0 Å². The number of nitrogens with one attached hydrogen (secondary N) is 1. The van der Waals surface area contributed by atoms with Gasteiger partial charge in [-0.2, -0.15) is 0 Å². The van der Waals surface area contributed by atoms with Gasteiger partial charge < -0.3 is 10.2 Å². The standard InChI is InChI=1S/C17H21N3OS/c1-2-3-9-18-17-19-15(12-22-17)13-6-4-7-14(11-13)20-10-5-8-16(20)21/h4,6-7,11-12H,2-3,5,8-10H2,1H3,(H,18,19). The summed E-state index contributed by atoms with van der Waals surface area (Å²) in [6.45, 7) is 3.97. The Morgan fingerprint density at radius 3 is 3.09 bits per heavy atom. The predicted molar refractivity (Wildman–Crippen MR) is 92.5 cm³/mol. The first-order valence-corrected chi connectivity index (χ1v) is 8.76. The zero-order valence-electron chi connectivity index (χ0n) is 12.8. The minimum atomic E-state index is 0.220. The van der Waals surface area contributed by atoms with Crippen LogP contribution in [0, 0.1) is 0 Å². The molecule has 1 fully saturated rings. The van der Waals surface area contributed by atoms with Crippen molar-refractivity contribution in [3.05, 3.63) is 29.6 Å². The third-order valence-electron chi connectivity index (χ3n) is 3.84. The van der Waals surface area contributed by atoms with Crippen LogP contribution in [0.4, 0.5) is 10.8 Å². The molecule has 1 amide bonds. The number of carbonyl (C=O) groups excluding carboxylic acids is 1. The van der Waals surface area contributed by atoms with E-state index in [1.54, 1.807) is 11.3 Å². The first-order chi connectivity index (χ1) is 10.8. The Bertz CT molecular complexity index is 653. The van der Waals surface area contributed by atoms with Gasteiger partial charge in [0, 0.05) is 36.1 Å². The normalized spacial score (nSPS) is 14.6. The van der Waals surface area contributed by atoms with Crippen LogP contribution in [-0.2, 0) is 4.79 Å². The van der Waals surface area contributed by atoms with E-state index in [1.807, 2.05) is 17.0 Å². The second kappa shape index (κ2) is 6.92. The maximum atomic E-state index is 11.9. The molecule has 0 aliphatic carbocycles. The zero-order valence-corrected chi connectivity index (χ0v) is 13.7. The fraction of sp³-hybridized carbons (Fsp3) is 0.412. The molecule has 22 heavy (non-hydrogen) atoms. The van der Waals surface area contributed by atoms with E-state index in [0.29, 0.717) is 6.42 Å². The molecule has 2 aromatic rings.